The summed E-state index contributed by atoms with van der Waals surface area (Å²) in [4.78, 5) is 40.5. The number of carbonyl (C=O) groups excluding carboxylic acids is 2. The number of carbonyl (C=O) groups is 2. The highest BCUT2D eigenvalue weighted by Gasteiger charge is 2.38. The van der Waals surface area contributed by atoms with Crippen LogP contribution in [0.1, 0.15) is 12.2 Å². The van der Waals surface area contributed by atoms with Crippen molar-refractivity contribution in [2.75, 3.05) is 42.5 Å². The van der Waals surface area contributed by atoms with Crippen molar-refractivity contribution < 1.29 is 14.3 Å². The number of rotatable bonds is 5. The van der Waals surface area contributed by atoms with Crippen molar-refractivity contribution in [2.45, 2.75) is 13.3 Å². The normalized spacial score (nSPS) is 18.2. The number of nitrogens with zero attached hydrogens (tertiary/aromatic N) is 5. The lowest BCUT2D eigenvalue weighted by Crippen LogP contribution is -2.51. The standard InChI is InChI=1S/C26H26BrN5O3/c1-18-28-23(16-24(29-18)35-22-8-3-2-4-9-22)30-10-12-31(13-11-30)26(34)19-14-25(33)32(17-19)21-7-5-6-20(27)15-21/h2-9,15-16,19H,10-14,17H2,1H3. The van der Waals surface area contributed by atoms with E-state index in [0.717, 1.165) is 21.7 Å². The molecular formula is C26H26BrN5O3. The molecule has 0 bridgehead atoms. The van der Waals surface area contributed by atoms with E-state index in [2.05, 4.69) is 30.8 Å². The van der Waals surface area contributed by atoms with Gasteiger partial charge in [0, 0.05) is 55.4 Å². The highest BCUT2D eigenvalue weighted by atomic mass is 79.9. The number of amides is 2. The van der Waals surface area contributed by atoms with Crippen LogP contribution in [0.4, 0.5) is 11.5 Å². The quantitative estimate of drug-likeness (QED) is 0.490. The summed E-state index contributed by atoms with van der Waals surface area (Å²) in [7, 11) is 0. The molecule has 3 heterocycles. The third kappa shape index (κ3) is 5.30. The van der Waals surface area contributed by atoms with E-state index in [-0.39, 0.29) is 24.2 Å². The summed E-state index contributed by atoms with van der Waals surface area (Å²) in [5.74, 6) is 2.34. The van der Waals surface area contributed by atoms with Gasteiger partial charge in [0.2, 0.25) is 17.7 Å². The van der Waals surface area contributed by atoms with Crippen molar-refractivity contribution in [3.05, 3.63) is 71.0 Å². The number of ether oxygens (including phenoxy) is 1. The Balaban J connectivity index is 1.21. The third-order valence-electron chi connectivity index (χ3n) is 6.28. The van der Waals surface area contributed by atoms with Crippen LogP contribution in [0, 0.1) is 12.8 Å². The average Bonchev–Trinajstić information content (AvgIpc) is 3.25. The van der Waals surface area contributed by atoms with Crippen LogP contribution >= 0.6 is 15.9 Å². The Morgan fingerprint density at radius 2 is 1.77 bits per heavy atom. The minimum Gasteiger partial charge on any atom is -0.439 e. The molecule has 1 unspecified atom stereocenters. The summed E-state index contributed by atoms with van der Waals surface area (Å²) in [5, 5.41) is 0. The van der Waals surface area contributed by atoms with E-state index in [1.165, 1.54) is 0 Å². The van der Waals surface area contributed by atoms with Crippen LogP contribution in [0.25, 0.3) is 0 Å². The molecule has 8 nitrogen and oxygen atoms in total. The Labute approximate surface area is 212 Å². The maximum Gasteiger partial charge on any atom is 0.228 e. The summed E-state index contributed by atoms with van der Waals surface area (Å²) < 4.78 is 6.81. The monoisotopic (exact) mass is 535 g/mol. The lowest BCUT2D eigenvalue weighted by atomic mass is 10.1. The topological polar surface area (TPSA) is 78.9 Å². The van der Waals surface area contributed by atoms with Gasteiger partial charge in [-0.15, -0.1) is 0 Å². The van der Waals surface area contributed by atoms with Crippen LogP contribution in [0.5, 0.6) is 11.6 Å². The number of halogens is 1. The van der Waals surface area contributed by atoms with Gasteiger partial charge < -0.3 is 19.4 Å². The summed E-state index contributed by atoms with van der Waals surface area (Å²) in [6.07, 6.45) is 0.247. The van der Waals surface area contributed by atoms with Gasteiger partial charge in [0.25, 0.3) is 0 Å². The maximum absolute atomic E-state index is 13.2. The molecule has 0 aliphatic carbocycles. The molecule has 2 aliphatic rings. The highest BCUT2D eigenvalue weighted by Crippen LogP contribution is 2.29. The van der Waals surface area contributed by atoms with E-state index >= 15 is 0 Å². The van der Waals surface area contributed by atoms with E-state index in [9.17, 15) is 9.59 Å². The van der Waals surface area contributed by atoms with Crippen LogP contribution in [0.15, 0.2) is 65.1 Å². The number of hydrogen-bond donors (Lipinski definition) is 0. The smallest absolute Gasteiger partial charge is 0.228 e. The molecule has 0 N–H and O–H groups in total. The van der Waals surface area contributed by atoms with Gasteiger partial charge in [0.15, 0.2) is 0 Å². The molecule has 9 heteroatoms. The number of anilines is 2. The number of piperazine rings is 1. The molecule has 2 amide bonds. The van der Waals surface area contributed by atoms with Gasteiger partial charge in [0.1, 0.15) is 17.4 Å². The van der Waals surface area contributed by atoms with E-state index in [0.29, 0.717) is 44.4 Å². The Morgan fingerprint density at radius 3 is 2.51 bits per heavy atom. The predicted molar refractivity (Wildman–Crippen MR) is 137 cm³/mol. The molecule has 2 fully saturated rings. The fraction of sp³-hybridized carbons (Fsp3) is 0.308. The van der Waals surface area contributed by atoms with E-state index in [1.54, 1.807) is 4.90 Å². The van der Waals surface area contributed by atoms with E-state index < -0.39 is 0 Å². The molecule has 2 aliphatic heterocycles. The summed E-state index contributed by atoms with van der Waals surface area (Å²) in [5.41, 5.74) is 0.817. The first-order valence-electron chi connectivity index (χ1n) is 11.6. The number of benzene rings is 2. The Bertz CT molecular complexity index is 1230. The Kier molecular flexibility index (Phi) is 6.68. The second-order valence-corrected chi connectivity index (χ2v) is 9.64. The maximum atomic E-state index is 13.2. The largest absolute Gasteiger partial charge is 0.439 e. The molecule has 5 rings (SSSR count). The second kappa shape index (κ2) is 10.0. The van der Waals surface area contributed by atoms with Crippen molar-refractivity contribution in [1.82, 2.24) is 14.9 Å². The van der Waals surface area contributed by atoms with Gasteiger partial charge in [-0.3, -0.25) is 9.59 Å². The predicted octanol–water partition coefficient (Wildman–Crippen LogP) is 4.04. The van der Waals surface area contributed by atoms with Crippen molar-refractivity contribution in [3.63, 3.8) is 0 Å². The lowest BCUT2D eigenvalue weighted by molar-refractivity contribution is -0.136. The zero-order chi connectivity index (χ0) is 24.4. The first-order chi connectivity index (χ1) is 17.0. The second-order valence-electron chi connectivity index (χ2n) is 8.72. The molecule has 0 saturated carbocycles. The van der Waals surface area contributed by atoms with Crippen LogP contribution in [0.3, 0.4) is 0 Å². The molecule has 35 heavy (non-hydrogen) atoms. The Morgan fingerprint density at radius 1 is 1.00 bits per heavy atom. The van der Waals surface area contributed by atoms with Crippen molar-refractivity contribution in [2.24, 2.45) is 5.92 Å². The molecule has 1 aromatic heterocycles. The van der Waals surface area contributed by atoms with Gasteiger partial charge in [-0.05, 0) is 37.3 Å². The molecular weight excluding hydrogens is 510 g/mol. The fourth-order valence-electron chi connectivity index (χ4n) is 4.53. The number of aryl methyl sites for hydroxylation is 1. The molecule has 3 aromatic rings. The number of para-hydroxylation sites is 1. The van der Waals surface area contributed by atoms with Crippen LogP contribution in [0.2, 0.25) is 0 Å². The van der Waals surface area contributed by atoms with Gasteiger partial charge >= 0.3 is 0 Å². The zero-order valence-electron chi connectivity index (χ0n) is 19.4. The van der Waals surface area contributed by atoms with Crippen LogP contribution in [-0.4, -0.2) is 59.4 Å². The van der Waals surface area contributed by atoms with E-state index in [1.807, 2.05) is 72.5 Å². The molecule has 0 radical (unpaired) electrons. The van der Waals surface area contributed by atoms with Gasteiger partial charge in [-0.25, -0.2) is 4.98 Å². The summed E-state index contributed by atoms with van der Waals surface area (Å²) in [6.45, 7) is 4.73. The van der Waals surface area contributed by atoms with E-state index in [4.69, 9.17) is 4.74 Å². The van der Waals surface area contributed by atoms with Crippen LogP contribution < -0.4 is 14.5 Å². The first-order valence-corrected chi connectivity index (χ1v) is 12.4. The van der Waals surface area contributed by atoms with Crippen molar-refractivity contribution in [1.29, 1.82) is 0 Å². The molecule has 2 aromatic carbocycles. The third-order valence-corrected chi connectivity index (χ3v) is 6.77. The number of aromatic nitrogens is 2. The minimum absolute atomic E-state index is 0.0116. The number of hydrogen-bond acceptors (Lipinski definition) is 6. The summed E-state index contributed by atoms with van der Waals surface area (Å²) >= 11 is 3.45. The zero-order valence-corrected chi connectivity index (χ0v) is 21.0. The van der Waals surface area contributed by atoms with Gasteiger partial charge in [-0.2, -0.15) is 4.98 Å². The molecule has 1 atom stereocenters. The molecule has 0 spiro atoms. The summed E-state index contributed by atoms with van der Waals surface area (Å²) in [6, 6.07) is 19.0. The average molecular weight is 536 g/mol. The fourth-order valence-corrected chi connectivity index (χ4v) is 4.92. The minimum atomic E-state index is -0.319. The first kappa shape index (κ1) is 23.3. The highest BCUT2D eigenvalue weighted by molar-refractivity contribution is 9.10. The van der Waals surface area contributed by atoms with Crippen molar-refractivity contribution in [3.8, 4) is 11.6 Å². The Hall–Kier alpha value is -3.46. The lowest BCUT2D eigenvalue weighted by Gasteiger charge is -2.36. The van der Waals surface area contributed by atoms with Crippen LogP contribution in [-0.2, 0) is 9.59 Å². The molecule has 180 valence electrons. The SMILES string of the molecule is Cc1nc(Oc2ccccc2)cc(N2CCN(C(=O)C3CC(=O)N(c4cccc(Br)c4)C3)CC2)n1. The van der Waals surface area contributed by atoms with Crippen molar-refractivity contribution >= 4 is 39.2 Å². The molecule has 2 saturated heterocycles. The van der Waals surface area contributed by atoms with Gasteiger partial charge in [-0.1, -0.05) is 40.2 Å². The van der Waals surface area contributed by atoms with Gasteiger partial charge in [0.05, 0.1) is 5.92 Å².